The smallest absolute Gasteiger partial charge is 0.326 e. The van der Waals surface area contributed by atoms with E-state index in [1.165, 1.54) is 12.1 Å². The number of carbonyl (C=O) groups excluding carboxylic acids is 1. The van der Waals surface area contributed by atoms with Crippen molar-refractivity contribution in [3.8, 4) is 0 Å². The fourth-order valence-corrected chi connectivity index (χ4v) is 1.27. The number of aromatic nitrogens is 2. The molecule has 1 aromatic heterocycles. The predicted octanol–water partition coefficient (Wildman–Crippen LogP) is 0.969. The van der Waals surface area contributed by atoms with Crippen LogP contribution in [0.2, 0.25) is 5.15 Å². The number of nitrogens with zero attached hydrogens (tertiary/aromatic N) is 2. The lowest BCUT2D eigenvalue weighted by atomic mass is 10.0. The van der Waals surface area contributed by atoms with Crippen molar-refractivity contribution in [2.24, 2.45) is 5.92 Å². The van der Waals surface area contributed by atoms with Crippen LogP contribution in [0.1, 0.15) is 24.3 Å². The van der Waals surface area contributed by atoms with Gasteiger partial charge >= 0.3 is 5.97 Å². The second kappa shape index (κ2) is 5.58. The van der Waals surface area contributed by atoms with Crippen molar-refractivity contribution in [3.05, 3.63) is 23.0 Å². The molecule has 1 atom stereocenters. The van der Waals surface area contributed by atoms with Crippen LogP contribution in [0.4, 0.5) is 0 Å². The summed E-state index contributed by atoms with van der Waals surface area (Å²) >= 11 is 5.52. The normalized spacial score (nSPS) is 12.2. The van der Waals surface area contributed by atoms with Crippen molar-refractivity contribution in [1.82, 2.24) is 15.5 Å². The summed E-state index contributed by atoms with van der Waals surface area (Å²) < 4.78 is 0. The molecule has 2 N–H and O–H groups in total. The minimum atomic E-state index is -1.09. The van der Waals surface area contributed by atoms with Gasteiger partial charge in [0.1, 0.15) is 6.04 Å². The summed E-state index contributed by atoms with van der Waals surface area (Å²) in [6, 6.07) is 1.83. The van der Waals surface area contributed by atoms with E-state index in [2.05, 4.69) is 15.5 Å². The number of halogens is 1. The van der Waals surface area contributed by atoms with Gasteiger partial charge in [-0.2, -0.15) is 0 Å². The van der Waals surface area contributed by atoms with Crippen LogP contribution in [0.5, 0.6) is 0 Å². The number of nitrogens with one attached hydrogen (secondary N) is 1. The minimum Gasteiger partial charge on any atom is -0.480 e. The molecule has 1 rings (SSSR count). The summed E-state index contributed by atoms with van der Waals surface area (Å²) in [5.74, 6) is -1.90. The summed E-state index contributed by atoms with van der Waals surface area (Å²) in [6.45, 7) is 3.40. The Labute approximate surface area is 103 Å². The van der Waals surface area contributed by atoms with Crippen LogP contribution >= 0.6 is 11.6 Å². The zero-order valence-corrected chi connectivity index (χ0v) is 10.1. The molecule has 92 valence electrons. The fraction of sp³-hybridized carbons (Fsp3) is 0.400. The van der Waals surface area contributed by atoms with Crippen LogP contribution in [-0.4, -0.2) is 33.2 Å². The number of rotatable bonds is 4. The standard InChI is InChI=1S/C10H12ClN3O3/c1-5(2)8(10(16)17)12-9(15)6-3-4-7(11)14-13-6/h3-5,8H,1-2H3,(H,12,15)(H,16,17)/t8-/m0/s1. The van der Waals surface area contributed by atoms with Gasteiger partial charge in [-0.3, -0.25) is 4.79 Å². The Kier molecular flexibility index (Phi) is 4.39. The lowest BCUT2D eigenvalue weighted by Crippen LogP contribution is -2.44. The second-order valence-electron chi connectivity index (χ2n) is 3.77. The minimum absolute atomic E-state index is 0.0290. The third-order valence-electron chi connectivity index (χ3n) is 2.08. The number of carboxylic acids is 1. The van der Waals surface area contributed by atoms with Gasteiger partial charge in [0.2, 0.25) is 0 Å². The molecule has 0 saturated carbocycles. The Morgan fingerprint density at radius 2 is 2.00 bits per heavy atom. The lowest BCUT2D eigenvalue weighted by Gasteiger charge is -2.17. The van der Waals surface area contributed by atoms with Gasteiger partial charge < -0.3 is 10.4 Å². The van der Waals surface area contributed by atoms with E-state index in [1.54, 1.807) is 13.8 Å². The molecule has 1 amide bonds. The summed E-state index contributed by atoms with van der Waals surface area (Å²) in [5.41, 5.74) is 0.0290. The van der Waals surface area contributed by atoms with Crippen LogP contribution in [0.3, 0.4) is 0 Å². The zero-order chi connectivity index (χ0) is 13.0. The molecule has 0 saturated heterocycles. The van der Waals surface area contributed by atoms with Crippen LogP contribution < -0.4 is 5.32 Å². The molecule has 0 spiro atoms. The van der Waals surface area contributed by atoms with E-state index in [4.69, 9.17) is 16.7 Å². The topological polar surface area (TPSA) is 92.2 Å². The molecule has 17 heavy (non-hydrogen) atoms. The summed E-state index contributed by atoms with van der Waals surface area (Å²) in [7, 11) is 0. The maximum atomic E-state index is 11.7. The van der Waals surface area contributed by atoms with Crippen molar-refractivity contribution in [2.45, 2.75) is 19.9 Å². The molecule has 0 aliphatic carbocycles. The molecule has 0 unspecified atom stereocenters. The van der Waals surface area contributed by atoms with Gasteiger partial charge in [-0.25, -0.2) is 4.79 Å². The van der Waals surface area contributed by atoms with E-state index in [9.17, 15) is 9.59 Å². The molecule has 0 aromatic carbocycles. The highest BCUT2D eigenvalue weighted by molar-refractivity contribution is 6.29. The number of hydrogen-bond donors (Lipinski definition) is 2. The van der Waals surface area contributed by atoms with E-state index in [0.29, 0.717) is 0 Å². The Bertz CT molecular complexity index is 419. The van der Waals surface area contributed by atoms with Gasteiger partial charge in [-0.05, 0) is 18.1 Å². The summed E-state index contributed by atoms with van der Waals surface area (Å²) in [5, 5.41) is 18.5. The fourth-order valence-electron chi connectivity index (χ4n) is 1.17. The van der Waals surface area contributed by atoms with Crippen LogP contribution in [0.15, 0.2) is 12.1 Å². The molecule has 7 heteroatoms. The van der Waals surface area contributed by atoms with E-state index >= 15 is 0 Å². The SMILES string of the molecule is CC(C)[C@H](NC(=O)c1ccc(Cl)nn1)C(=O)O. The Balaban J connectivity index is 2.77. The number of carbonyl (C=O) groups is 2. The molecule has 0 fully saturated rings. The average molecular weight is 258 g/mol. The third kappa shape index (κ3) is 3.67. The quantitative estimate of drug-likeness (QED) is 0.838. The number of carboxylic acid groups (broad SMARTS) is 1. The highest BCUT2D eigenvalue weighted by Crippen LogP contribution is 2.05. The van der Waals surface area contributed by atoms with Gasteiger partial charge in [0.05, 0.1) is 0 Å². The second-order valence-corrected chi connectivity index (χ2v) is 4.16. The molecule has 0 bridgehead atoms. The van der Waals surface area contributed by atoms with Crippen LogP contribution in [0, 0.1) is 5.92 Å². The first-order valence-electron chi connectivity index (χ1n) is 4.94. The van der Waals surface area contributed by atoms with Gasteiger partial charge in [0.25, 0.3) is 5.91 Å². The van der Waals surface area contributed by atoms with Gasteiger partial charge in [0, 0.05) is 0 Å². The van der Waals surface area contributed by atoms with Gasteiger partial charge in [0.15, 0.2) is 10.8 Å². The molecule has 0 aliphatic rings. The van der Waals surface area contributed by atoms with Crippen molar-refractivity contribution >= 4 is 23.5 Å². The van der Waals surface area contributed by atoms with Gasteiger partial charge in [-0.1, -0.05) is 25.4 Å². The summed E-state index contributed by atoms with van der Waals surface area (Å²) in [4.78, 5) is 22.5. The first kappa shape index (κ1) is 13.4. The Morgan fingerprint density at radius 3 is 2.41 bits per heavy atom. The predicted molar refractivity (Wildman–Crippen MR) is 60.8 cm³/mol. The molecule has 0 aliphatic heterocycles. The molecule has 1 aromatic rings. The maximum Gasteiger partial charge on any atom is 0.326 e. The van der Waals surface area contributed by atoms with Crippen molar-refractivity contribution in [2.75, 3.05) is 0 Å². The first-order valence-corrected chi connectivity index (χ1v) is 5.32. The zero-order valence-electron chi connectivity index (χ0n) is 9.35. The highest BCUT2D eigenvalue weighted by Gasteiger charge is 2.24. The lowest BCUT2D eigenvalue weighted by molar-refractivity contribution is -0.140. The first-order chi connectivity index (χ1) is 7.91. The van der Waals surface area contributed by atoms with Crippen LogP contribution in [0.25, 0.3) is 0 Å². The van der Waals surface area contributed by atoms with E-state index in [-0.39, 0.29) is 16.8 Å². The van der Waals surface area contributed by atoms with Gasteiger partial charge in [-0.15, -0.1) is 10.2 Å². The Hall–Kier alpha value is -1.69. The molecule has 0 radical (unpaired) electrons. The number of hydrogen-bond acceptors (Lipinski definition) is 4. The monoisotopic (exact) mass is 257 g/mol. The highest BCUT2D eigenvalue weighted by atomic mass is 35.5. The van der Waals surface area contributed by atoms with Crippen molar-refractivity contribution in [1.29, 1.82) is 0 Å². The van der Waals surface area contributed by atoms with E-state index < -0.39 is 17.9 Å². The molecule has 1 heterocycles. The van der Waals surface area contributed by atoms with Crippen LogP contribution in [-0.2, 0) is 4.79 Å². The largest absolute Gasteiger partial charge is 0.480 e. The van der Waals surface area contributed by atoms with E-state index in [0.717, 1.165) is 0 Å². The molecule has 6 nitrogen and oxygen atoms in total. The third-order valence-corrected chi connectivity index (χ3v) is 2.29. The maximum absolute atomic E-state index is 11.7. The van der Waals surface area contributed by atoms with E-state index in [1.807, 2.05) is 0 Å². The Morgan fingerprint density at radius 1 is 1.35 bits per heavy atom. The molecular formula is C10H12ClN3O3. The average Bonchev–Trinajstić information content (AvgIpc) is 2.25. The number of aliphatic carboxylic acids is 1. The summed E-state index contributed by atoms with van der Waals surface area (Å²) in [6.07, 6.45) is 0. The number of amides is 1. The molecular weight excluding hydrogens is 246 g/mol. The van der Waals surface area contributed by atoms with Crippen molar-refractivity contribution < 1.29 is 14.7 Å². The van der Waals surface area contributed by atoms with Crippen molar-refractivity contribution in [3.63, 3.8) is 0 Å².